The monoisotopic (exact) mass is 342 g/mol. The number of methoxy groups -OCH3 is 1. The quantitative estimate of drug-likeness (QED) is 0.795. The van der Waals surface area contributed by atoms with Gasteiger partial charge in [-0.05, 0) is 50.6 Å². The fourth-order valence-corrected chi connectivity index (χ4v) is 2.83. The molecule has 6 heteroatoms. The first-order chi connectivity index (χ1) is 10.6. The van der Waals surface area contributed by atoms with E-state index in [9.17, 15) is 4.79 Å². The Bertz CT molecular complexity index is 485. The lowest BCUT2D eigenvalue weighted by Crippen LogP contribution is -2.47. The van der Waals surface area contributed by atoms with E-state index in [0.29, 0.717) is 13.2 Å². The Morgan fingerprint density at radius 2 is 2.09 bits per heavy atom. The van der Waals surface area contributed by atoms with Crippen LogP contribution in [0.5, 0.6) is 5.75 Å². The zero-order valence-electron chi connectivity index (χ0n) is 13.9. The summed E-state index contributed by atoms with van der Waals surface area (Å²) in [7, 11) is 1.71. The van der Waals surface area contributed by atoms with Gasteiger partial charge in [0.2, 0.25) is 0 Å². The van der Waals surface area contributed by atoms with E-state index in [1.54, 1.807) is 7.11 Å². The molecule has 2 rings (SSSR count). The molecule has 1 amide bonds. The van der Waals surface area contributed by atoms with Gasteiger partial charge in [-0.25, -0.2) is 0 Å². The predicted molar refractivity (Wildman–Crippen MR) is 93.3 cm³/mol. The molecule has 1 aliphatic rings. The Morgan fingerprint density at radius 1 is 1.35 bits per heavy atom. The van der Waals surface area contributed by atoms with E-state index in [1.807, 2.05) is 31.2 Å². The van der Waals surface area contributed by atoms with Crippen LogP contribution < -0.4 is 15.4 Å². The summed E-state index contributed by atoms with van der Waals surface area (Å²) in [4.78, 5) is 12.0. The van der Waals surface area contributed by atoms with Crippen LogP contribution in [0.4, 0.5) is 0 Å². The molecule has 1 aromatic carbocycles. The SMILES string of the molecule is COCC1(CNC(=O)COc2cccc(C)c2)CCNCC1.Cl. The summed E-state index contributed by atoms with van der Waals surface area (Å²) in [5.74, 6) is 0.638. The van der Waals surface area contributed by atoms with Crippen molar-refractivity contribution >= 4 is 18.3 Å². The maximum atomic E-state index is 12.0. The van der Waals surface area contributed by atoms with Crippen molar-refractivity contribution in [2.75, 3.05) is 40.0 Å². The lowest BCUT2D eigenvalue weighted by atomic mass is 9.79. The number of hydrogen-bond acceptors (Lipinski definition) is 4. The number of carbonyl (C=O) groups is 1. The fourth-order valence-electron chi connectivity index (χ4n) is 2.83. The highest BCUT2D eigenvalue weighted by atomic mass is 35.5. The second-order valence-corrected chi connectivity index (χ2v) is 6.06. The minimum Gasteiger partial charge on any atom is -0.484 e. The highest BCUT2D eigenvalue weighted by molar-refractivity contribution is 5.85. The van der Waals surface area contributed by atoms with E-state index < -0.39 is 0 Å². The molecule has 0 aliphatic carbocycles. The molecule has 130 valence electrons. The van der Waals surface area contributed by atoms with Crippen molar-refractivity contribution in [3.8, 4) is 5.75 Å². The Labute approximate surface area is 144 Å². The highest BCUT2D eigenvalue weighted by Crippen LogP contribution is 2.28. The van der Waals surface area contributed by atoms with E-state index >= 15 is 0 Å². The normalized spacial score (nSPS) is 16.3. The largest absolute Gasteiger partial charge is 0.484 e. The van der Waals surface area contributed by atoms with Gasteiger partial charge in [0.25, 0.3) is 5.91 Å². The lowest BCUT2D eigenvalue weighted by molar-refractivity contribution is -0.124. The summed E-state index contributed by atoms with van der Waals surface area (Å²) in [6, 6.07) is 7.70. The molecule has 1 aromatic rings. The number of piperidine rings is 1. The number of amides is 1. The Morgan fingerprint density at radius 3 is 2.74 bits per heavy atom. The molecule has 1 saturated heterocycles. The maximum Gasteiger partial charge on any atom is 0.257 e. The van der Waals surface area contributed by atoms with Crippen LogP contribution in [0.1, 0.15) is 18.4 Å². The number of rotatable bonds is 7. The summed E-state index contributed by atoms with van der Waals surface area (Å²) in [6.07, 6.45) is 2.03. The Hall–Kier alpha value is -1.30. The highest BCUT2D eigenvalue weighted by Gasteiger charge is 2.32. The third kappa shape index (κ3) is 6.37. The molecule has 2 N–H and O–H groups in total. The molecular formula is C17H27ClN2O3. The minimum absolute atomic E-state index is 0. The first kappa shape index (κ1) is 19.7. The number of nitrogens with one attached hydrogen (secondary N) is 2. The summed E-state index contributed by atoms with van der Waals surface area (Å²) in [5.41, 5.74) is 1.16. The molecule has 23 heavy (non-hydrogen) atoms. The second kappa shape index (κ2) is 9.75. The van der Waals surface area contributed by atoms with Gasteiger partial charge in [0.05, 0.1) is 6.61 Å². The average Bonchev–Trinajstić information content (AvgIpc) is 2.52. The zero-order chi connectivity index (χ0) is 15.8. The molecule has 5 nitrogen and oxygen atoms in total. The van der Waals surface area contributed by atoms with Crippen LogP contribution in [0, 0.1) is 12.3 Å². The molecule has 0 bridgehead atoms. The van der Waals surface area contributed by atoms with E-state index in [-0.39, 0.29) is 30.3 Å². The molecule has 1 aliphatic heterocycles. The summed E-state index contributed by atoms with van der Waals surface area (Å²) in [6.45, 7) is 5.30. The second-order valence-electron chi connectivity index (χ2n) is 6.06. The molecular weight excluding hydrogens is 316 g/mol. The summed E-state index contributed by atoms with van der Waals surface area (Å²) < 4.78 is 10.9. The zero-order valence-corrected chi connectivity index (χ0v) is 14.7. The van der Waals surface area contributed by atoms with E-state index in [4.69, 9.17) is 9.47 Å². The van der Waals surface area contributed by atoms with Crippen LogP contribution in [0.15, 0.2) is 24.3 Å². The first-order valence-corrected chi connectivity index (χ1v) is 7.79. The van der Waals surface area contributed by atoms with Crippen molar-refractivity contribution in [2.24, 2.45) is 5.41 Å². The number of benzene rings is 1. The van der Waals surface area contributed by atoms with Gasteiger partial charge >= 0.3 is 0 Å². The van der Waals surface area contributed by atoms with E-state index in [1.165, 1.54) is 0 Å². The van der Waals surface area contributed by atoms with Crippen LogP contribution in [0.3, 0.4) is 0 Å². The third-order valence-electron chi connectivity index (χ3n) is 4.13. The lowest BCUT2D eigenvalue weighted by Gasteiger charge is -2.37. The number of aryl methyl sites for hydroxylation is 1. The van der Waals surface area contributed by atoms with Crippen LogP contribution in [0.2, 0.25) is 0 Å². The Kier molecular flexibility index (Phi) is 8.37. The molecule has 0 aromatic heterocycles. The molecule has 0 radical (unpaired) electrons. The molecule has 0 unspecified atom stereocenters. The molecule has 1 heterocycles. The molecule has 1 fully saturated rings. The van der Waals surface area contributed by atoms with Gasteiger partial charge in [-0.2, -0.15) is 0 Å². The number of ether oxygens (including phenoxy) is 2. The van der Waals surface area contributed by atoms with Crippen LogP contribution in [-0.4, -0.2) is 45.9 Å². The van der Waals surface area contributed by atoms with Gasteiger partial charge in [0.15, 0.2) is 6.61 Å². The van der Waals surface area contributed by atoms with Crippen LogP contribution >= 0.6 is 12.4 Å². The standard InChI is InChI=1S/C17H26N2O3.ClH/c1-14-4-3-5-15(10-14)22-11-16(20)19-12-17(13-21-2)6-8-18-9-7-17;/h3-5,10,18H,6-9,11-13H2,1-2H3,(H,19,20);1H. The van der Waals surface area contributed by atoms with Gasteiger partial charge in [-0.15, -0.1) is 12.4 Å². The van der Waals surface area contributed by atoms with Crippen molar-refractivity contribution in [1.29, 1.82) is 0 Å². The summed E-state index contributed by atoms with van der Waals surface area (Å²) >= 11 is 0. The minimum atomic E-state index is -0.0875. The van der Waals surface area contributed by atoms with Gasteiger partial charge in [-0.3, -0.25) is 4.79 Å². The third-order valence-corrected chi connectivity index (χ3v) is 4.13. The van der Waals surface area contributed by atoms with Crippen molar-refractivity contribution < 1.29 is 14.3 Å². The maximum absolute atomic E-state index is 12.0. The molecule has 0 saturated carbocycles. The van der Waals surface area contributed by atoms with Crippen molar-refractivity contribution in [3.05, 3.63) is 29.8 Å². The number of halogens is 1. The predicted octanol–water partition coefficient (Wildman–Crippen LogP) is 1.93. The molecule has 0 spiro atoms. The van der Waals surface area contributed by atoms with Crippen molar-refractivity contribution in [2.45, 2.75) is 19.8 Å². The topological polar surface area (TPSA) is 59.6 Å². The van der Waals surface area contributed by atoms with Crippen molar-refractivity contribution in [3.63, 3.8) is 0 Å². The number of carbonyl (C=O) groups excluding carboxylic acids is 1. The van der Waals surface area contributed by atoms with Crippen molar-refractivity contribution in [1.82, 2.24) is 10.6 Å². The molecule has 0 atom stereocenters. The van der Waals surface area contributed by atoms with E-state index in [0.717, 1.165) is 37.2 Å². The number of hydrogen-bond donors (Lipinski definition) is 2. The van der Waals surface area contributed by atoms with Gasteiger partial charge in [0, 0.05) is 19.1 Å². The summed E-state index contributed by atoms with van der Waals surface area (Å²) in [5, 5.41) is 6.34. The average molecular weight is 343 g/mol. The van der Waals surface area contributed by atoms with Gasteiger partial charge < -0.3 is 20.1 Å². The first-order valence-electron chi connectivity index (χ1n) is 7.79. The van der Waals surface area contributed by atoms with Crippen LogP contribution in [-0.2, 0) is 9.53 Å². The Balaban J connectivity index is 0.00000264. The van der Waals surface area contributed by atoms with Gasteiger partial charge in [0.1, 0.15) is 5.75 Å². The smallest absolute Gasteiger partial charge is 0.257 e. The fraction of sp³-hybridized carbons (Fsp3) is 0.588. The van der Waals surface area contributed by atoms with Gasteiger partial charge in [-0.1, -0.05) is 12.1 Å². The van der Waals surface area contributed by atoms with Crippen LogP contribution in [0.25, 0.3) is 0 Å². The van der Waals surface area contributed by atoms with E-state index in [2.05, 4.69) is 10.6 Å².